The molecule has 1 aromatic heterocycles. The number of methoxy groups -OCH3 is 1. The van der Waals surface area contributed by atoms with Crippen LogP contribution < -0.4 is 4.74 Å². The Morgan fingerprint density at radius 2 is 1.66 bits per heavy atom. The Labute approximate surface area is 261 Å². The van der Waals surface area contributed by atoms with Gasteiger partial charge >= 0.3 is 12.1 Å². The average Bonchev–Trinajstić information content (AvgIpc) is 3.71. The molecule has 5 aromatic rings. The van der Waals surface area contributed by atoms with Crippen LogP contribution in [-0.4, -0.2) is 22.6 Å². The van der Waals surface area contributed by atoms with Gasteiger partial charge in [-0.25, -0.2) is 9.78 Å². The Morgan fingerprint density at radius 3 is 2.30 bits per heavy atom. The first-order valence-corrected chi connectivity index (χ1v) is 14.5. The number of halogens is 5. The SMILES string of the molecule is COC(=O)c1ccc(Cn2cc(-c3ccc(Cl)cc3Cl)nc2C2(c3ccc(Oc4cccc(C(F)(F)F)c4)cc3)CC2)cc1. The molecule has 0 N–H and O–H groups in total. The van der Waals surface area contributed by atoms with E-state index in [0.717, 1.165) is 47.5 Å². The van der Waals surface area contributed by atoms with Crippen LogP contribution in [0.1, 0.15) is 45.7 Å². The molecule has 1 fully saturated rings. The van der Waals surface area contributed by atoms with Gasteiger partial charge in [0.05, 0.1) is 34.4 Å². The Morgan fingerprint density at radius 1 is 0.932 bits per heavy atom. The van der Waals surface area contributed by atoms with E-state index in [4.69, 9.17) is 37.7 Å². The molecule has 0 saturated heterocycles. The summed E-state index contributed by atoms with van der Waals surface area (Å²) in [5.74, 6) is 0.970. The van der Waals surface area contributed by atoms with Gasteiger partial charge in [-0.1, -0.05) is 53.5 Å². The number of esters is 1. The standard InChI is InChI=1S/C34H25Cl2F3N2O3/c1-43-31(42)22-7-5-21(6-8-22)19-41-20-30(28-14-11-25(35)18-29(28)36)40-32(41)33(15-16-33)23-9-12-26(13-10-23)44-27-4-2-3-24(17-27)34(37,38)39/h2-14,17-18,20H,15-16,19H2,1H3. The number of carbonyl (C=O) groups excluding carboxylic acids is 1. The Bertz CT molecular complexity index is 1830. The number of hydrogen-bond donors (Lipinski definition) is 0. The fourth-order valence-corrected chi connectivity index (χ4v) is 5.79. The number of aromatic nitrogens is 2. The van der Waals surface area contributed by atoms with Gasteiger partial charge in [0.2, 0.25) is 0 Å². The predicted octanol–water partition coefficient (Wildman–Crippen LogP) is 9.58. The molecule has 0 atom stereocenters. The summed E-state index contributed by atoms with van der Waals surface area (Å²) in [6.07, 6.45) is -0.786. The van der Waals surface area contributed by atoms with Gasteiger partial charge in [0.1, 0.15) is 17.3 Å². The van der Waals surface area contributed by atoms with Gasteiger partial charge in [-0.15, -0.1) is 0 Å². The van der Waals surface area contributed by atoms with Gasteiger partial charge in [0.15, 0.2) is 0 Å². The minimum Gasteiger partial charge on any atom is -0.465 e. The van der Waals surface area contributed by atoms with Crippen molar-refractivity contribution in [3.8, 4) is 22.8 Å². The number of benzene rings is 4. The summed E-state index contributed by atoms with van der Waals surface area (Å²) in [6.45, 7) is 0.494. The molecule has 1 aliphatic carbocycles. The number of rotatable bonds is 8. The normalized spacial score (nSPS) is 13.9. The van der Waals surface area contributed by atoms with E-state index in [9.17, 15) is 18.0 Å². The predicted molar refractivity (Wildman–Crippen MR) is 163 cm³/mol. The van der Waals surface area contributed by atoms with Crippen LogP contribution >= 0.6 is 23.2 Å². The van der Waals surface area contributed by atoms with Crippen molar-refractivity contribution in [3.05, 3.63) is 135 Å². The van der Waals surface area contributed by atoms with Crippen LogP contribution in [0.4, 0.5) is 13.2 Å². The smallest absolute Gasteiger partial charge is 0.416 e. The highest BCUT2D eigenvalue weighted by Gasteiger charge is 2.49. The maximum Gasteiger partial charge on any atom is 0.416 e. The molecule has 0 radical (unpaired) electrons. The van der Waals surface area contributed by atoms with Gasteiger partial charge < -0.3 is 14.0 Å². The quantitative estimate of drug-likeness (QED) is 0.159. The molecular formula is C34H25Cl2F3N2O3. The molecule has 0 amide bonds. The lowest BCUT2D eigenvalue weighted by atomic mass is 9.94. The molecule has 10 heteroatoms. The molecule has 6 rings (SSSR count). The van der Waals surface area contributed by atoms with Crippen LogP contribution in [0.25, 0.3) is 11.3 Å². The van der Waals surface area contributed by atoms with Gasteiger partial charge in [-0.05, 0) is 84.6 Å². The highest BCUT2D eigenvalue weighted by Crippen LogP contribution is 2.54. The largest absolute Gasteiger partial charge is 0.465 e. The molecule has 1 heterocycles. The molecule has 0 unspecified atom stereocenters. The average molecular weight is 637 g/mol. The molecule has 1 aliphatic rings. The van der Waals surface area contributed by atoms with E-state index in [0.29, 0.717) is 33.6 Å². The maximum absolute atomic E-state index is 13.1. The zero-order valence-corrected chi connectivity index (χ0v) is 24.9. The number of hydrogen-bond acceptors (Lipinski definition) is 4. The summed E-state index contributed by atoms with van der Waals surface area (Å²) in [5.41, 5.74) is 2.73. The summed E-state index contributed by atoms with van der Waals surface area (Å²) in [7, 11) is 1.34. The monoisotopic (exact) mass is 636 g/mol. The third-order valence-corrected chi connectivity index (χ3v) is 8.24. The van der Waals surface area contributed by atoms with E-state index < -0.39 is 17.7 Å². The van der Waals surface area contributed by atoms with Crippen LogP contribution in [0.5, 0.6) is 11.5 Å². The van der Waals surface area contributed by atoms with E-state index in [1.54, 1.807) is 36.4 Å². The second-order valence-electron chi connectivity index (χ2n) is 10.6. The highest BCUT2D eigenvalue weighted by molar-refractivity contribution is 6.36. The van der Waals surface area contributed by atoms with Gasteiger partial charge in [0.25, 0.3) is 0 Å². The van der Waals surface area contributed by atoms with Crippen molar-refractivity contribution in [1.29, 1.82) is 0 Å². The fraction of sp³-hybridized carbons (Fsp3) is 0.176. The molecule has 0 bridgehead atoms. The van der Waals surface area contributed by atoms with Crippen molar-refractivity contribution in [3.63, 3.8) is 0 Å². The minimum atomic E-state index is -4.46. The third-order valence-electron chi connectivity index (χ3n) is 7.69. The second-order valence-corrected chi connectivity index (χ2v) is 11.5. The summed E-state index contributed by atoms with van der Waals surface area (Å²) in [4.78, 5) is 17.0. The minimum absolute atomic E-state index is 0.104. The Balaban J connectivity index is 1.33. The van der Waals surface area contributed by atoms with Crippen LogP contribution in [-0.2, 0) is 22.9 Å². The second kappa shape index (κ2) is 11.7. The number of carbonyl (C=O) groups is 1. The Hall–Kier alpha value is -4.27. The molecular weight excluding hydrogens is 612 g/mol. The zero-order chi connectivity index (χ0) is 31.1. The van der Waals surface area contributed by atoms with Crippen LogP contribution in [0, 0.1) is 0 Å². The lowest BCUT2D eigenvalue weighted by molar-refractivity contribution is -0.137. The zero-order valence-electron chi connectivity index (χ0n) is 23.4. The molecule has 224 valence electrons. The number of ether oxygens (including phenoxy) is 2. The summed E-state index contributed by atoms with van der Waals surface area (Å²) in [5, 5.41) is 1.01. The fourth-order valence-electron chi connectivity index (χ4n) is 5.29. The van der Waals surface area contributed by atoms with Gasteiger partial charge in [-0.2, -0.15) is 13.2 Å². The first kappa shape index (κ1) is 29.8. The molecule has 0 aliphatic heterocycles. The molecule has 4 aromatic carbocycles. The van der Waals surface area contributed by atoms with Gasteiger partial charge in [-0.3, -0.25) is 0 Å². The molecule has 44 heavy (non-hydrogen) atoms. The lowest BCUT2D eigenvalue weighted by Crippen LogP contribution is -2.17. The number of alkyl halides is 3. The van der Waals surface area contributed by atoms with Crippen molar-refractivity contribution in [2.45, 2.75) is 31.0 Å². The van der Waals surface area contributed by atoms with Crippen LogP contribution in [0.3, 0.4) is 0 Å². The van der Waals surface area contributed by atoms with Crippen LogP contribution in [0.15, 0.2) is 97.2 Å². The summed E-state index contributed by atoms with van der Waals surface area (Å²) < 4.78 is 52.1. The van der Waals surface area contributed by atoms with E-state index in [1.807, 2.05) is 36.5 Å². The molecule has 1 saturated carbocycles. The van der Waals surface area contributed by atoms with Crippen molar-refractivity contribution >= 4 is 29.2 Å². The summed E-state index contributed by atoms with van der Waals surface area (Å²) in [6, 6.07) is 24.7. The number of nitrogens with zero attached hydrogens (tertiary/aromatic N) is 2. The van der Waals surface area contributed by atoms with E-state index in [2.05, 4.69) is 4.57 Å². The highest BCUT2D eigenvalue weighted by atomic mass is 35.5. The van der Waals surface area contributed by atoms with Crippen molar-refractivity contribution in [1.82, 2.24) is 9.55 Å². The molecule has 0 spiro atoms. The topological polar surface area (TPSA) is 53.4 Å². The first-order valence-electron chi connectivity index (χ1n) is 13.7. The van der Waals surface area contributed by atoms with Crippen molar-refractivity contribution < 1.29 is 27.4 Å². The Kier molecular flexibility index (Phi) is 7.90. The number of imidazole rings is 1. The maximum atomic E-state index is 13.1. The first-order chi connectivity index (χ1) is 21.1. The molecule has 5 nitrogen and oxygen atoms in total. The van der Waals surface area contributed by atoms with E-state index in [1.165, 1.54) is 19.2 Å². The van der Waals surface area contributed by atoms with Gasteiger partial charge in [0, 0.05) is 23.3 Å². The third kappa shape index (κ3) is 6.05. The van der Waals surface area contributed by atoms with E-state index in [-0.39, 0.29) is 11.2 Å². The van der Waals surface area contributed by atoms with Crippen molar-refractivity contribution in [2.24, 2.45) is 0 Å². The van der Waals surface area contributed by atoms with E-state index >= 15 is 0 Å². The summed E-state index contributed by atoms with van der Waals surface area (Å²) >= 11 is 12.7. The van der Waals surface area contributed by atoms with Crippen molar-refractivity contribution in [2.75, 3.05) is 7.11 Å². The lowest BCUT2D eigenvalue weighted by Gasteiger charge is -2.18. The van der Waals surface area contributed by atoms with Crippen LogP contribution in [0.2, 0.25) is 10.0 Å².